The van der Waals surface area contributed by atoms with E-state index in [2.05, 4.69) is 36.5 Å². The van der Waals surface area contributed by atoms with Crippen molar-refractivity contribution >= 4 is 56.5 Å². The van der Waals surface area contributed by atoms with Gasteiger partial charge in [0.25, 0.3) is 0 Å². The van der Waals surface area contributed by atoms with Crippen molar-refractivity contribution in [2.24, 2.45) is 0 Å². The Morgan fingerprint density at radius 3 is 2.32 bits per heavy atom. The van der Waals surface area contributed by atoms with Crippen molar-refractivity contribution in [3.8, 4) is 0 Å². The molecule has 0 aliphatic heterocycles. The average Bonchev–Trinajstić information content (AvgIpc) is 2.38. The molecule has 2 rings (SSSR count). The van der Waals surface area contributed by atoms with Crippen LogP contribution < -0.4 is 10.6 Å². The van der Waals surface area contributed by atoms with Gasteiger partial charge in [-0.05, 0) is 28.1 Å². The molecule has 100 valence electrons. The molecule has 1 aromatic carbocycles. The van der Waals surface area contributed by atoms with Gasteiger partial charge in [0, 0.05) is 12.7 Å². The highest BCUT2D eigenvalue weighted by Gasteiger charge is 2.11. The predicted molar refractivity (Wildman–Crippen MR) is 79.0 cm³/mol. The Hall–Kier alpha value is -1.11. The van der Waals surface area contributed by atoms with E-state index >= 15 is 0 Å². The molecular weight excluding hydrogens is 358 g/mol. The van der Waals surface area contributed by atoms with E-state index in [-0.39, 0.29) is 10.0 Å². The molecule has 0 unspecified atom stereocenters. The van der Waals surface area contributed by atoms with Crippen LogP contribution in [0.25, 0.3) is 0 Å². The van der Waals surface area contributed by atoms with Crippen molar-refractivity contribution < 1.29 is 4.39 Å². The van der Waals surface area contributed by atoms with Crippen molar-refractivity contribution in [1.29, 1.82) is 0 Å². The maximum absolute atomic E-state index is 13.3. The van der Waals surface area contributed by atoms with Crippen LogP contribution in [-0.4, -0.2) is 17.0 Å². The van der Waals surface area contributed by atoms with Crippen molar-refractivity contribution in [1.82, 2.24) is 9.97 Å². The number of aromatic nitrogens is 2. The van der Waals surface area contributed by atoms with E-state index < -0.39 is 5.82 Å². The first-order valence-electron chi connectivity index (χ1n) is 5.12. The van der Waals surface area contributed by atoms with Gasteiger partial charge in [0.15, 0.2) is 5.82 Å². The van der Waals surface area contributed by atoms with Gasteiger partial charge < -0.3 is 10.6 Å². The first-order chi connectivity index (χ1) is 9.02. The molecule has 19 heavy (non-hydrogen) atoms. The van der Waals surface area contributed by atoms with E-state index in [4.69, 9.17) is 23.2 Å². The normalized spacial score (nSPS) is 10.4. The van der Waals surface area contributed by atoms with Crippen molar-refractivity contribution in [2.45, 2.75) is 0 Å². The van der Waals surface area contributed by atoms with Gasteiger partial charge in [-0.25, -0.2) is 14.4 Å². The number of nitrogens with one attached hydrogen (secondary N) is 2. The second kappa shape index (κ2) is 5.90. The largest absolute Gasteiger partial charge is 0.372 e. The smallest absolute Gasteiger partial charge is 0.160 e. The second-order valence-electron chi connectivity index (χ2n) is 3.51. The van der Waals surface area contributed by atoms with Crippen LogP contribution in [0.3, 0.4) is 0 Å². The molecular formula is C11H8BrCl2FN4. The molecule has 0 bridgehead atoms. The molecule has 2 N–H and O–H groups in total. The Morgan fingerprint density at radius 1 is 1.16 bits per heavy atom. The zero-order chi connectivity index (χ0) is 14.0. The van der Waals surface area contributed by atoms with Crippen LogP contribution in [-0.2, 0) is 0 Å². The summed E-state index contributed by atoms with van der Waals surface area (Å²) in [6.07, 6.45) is 1.39. The summed E-state index contributed by atoms with van der Waals surface area (Å²) in [6.45, 7) is 0. The van der Waals surface area contributed by atoms with Crippen molar-refractivity contribution in [3.63, 3.8) is 0 Å². The van der Waals surface area contributed by atoms with Crippen LogP contribution in [0.15, 0.2) is 22.9 Å². The van der Waals surface area contributed by atoms with E-state index in [1.165, 1.54) is 18.5 Å². The maximum Gasteiger partial charge on any atom is 0.160 e. The summed E-state index contributed by atoms with van der Waals surface area (Å²) in [5, 5.41) is 5.76. The molecule has 0 amide bonds. The topological polar surface area (TPSA) is 49.8 Å². The monoisotopic (exact) mass is 364 g/mol. The Labute approximate surface area is 127 Å². The Morgan fingerprint density at radius 2 is 1.74 bits per heavy atom. The highest BCUT2D eigenvalue weighted by molar-refractivity contribution is 9.10. The third-order valence-electron chi connectivity index (χ3n) is 2.27. The van der Waals surface area contributed by atoms with E-state index in [1.807, 2.05) is 0 Å². The molecule has 0 saturated carbocycles. The molecule has 1 aromatic heterocycles. The summed E-state index contributed by atoms with van der Waals surface area (Å²) in [5.41, 5.74) is 0.526. The molecule has 0 aliphatic rings. The van der Waals surface area contributed by atoms with Gasteiger partial charge in [-0.2, -0.15) is 0 Å². The van der Waals surface area contributed by atoms with Gasteiger partial charge in [-0.3, -0.25) is 0 Å². The summed E-state index contributed by atoms with van der Waals surface area (Å²) < 4.78 is 14.0. The molecule has 0 fully saturated rings. The van der Waals surface area contributed by atoms with E-state index in [0.717, 1.165) is 0 Å². The minimum Gasteiger partial charge on any atom is -0.372 e. The third kappa shape index (κ3) is 3.08. The van der Waals surface area contributed by atoms with E-state index in [1.54, 1.807) is 7.05 Å². The van der Waals surface area contributed by atoms with Crippen LogP contribution in [0.2, 0.25) is 10.0 Å². The lowest BCUT2D eigenvalue weighted by molar-refractivity contribution is 0.629. The Balaban J connectivity index is 2.36. The number of nitrogens with zero attached hydrogens (tertiary/aromatic N) is 2. The van der Waals surface area contributed by atoms with Gasteiger partial charge in [0.2, 0.25) is 0 Å². The van der Waals surface area contributed by atoms with Crippen LogP contribution in [0.5, 0.6) is 0 Å². The second-order valence-corrected chi connectivity index (χ2v) is 5.12. The van der Waals surface area contributed by atoms with E-state index in [9.17, 15) is 4.39 Å². The molecule has 1 heterocycles. The average molecular weight is 366 g/mol. The van der Waals surface area contributed by atoms with E-state index in [0.29, 0.717) is 21.8 Å². The molecule has 0 aliphatic carbocycles. The Bertz CT molecular complexity index is 601. The van der Waals surface area contributed by atoms with Gasteiger partial charge >= 0.3 is 0 Å². The van der Waals surface area contributed by atoms with Crippen LogP contribution in [0, 0.1) is 5.82 Å². The minimum absolute atomic E-state index is 0.0611. The van der Waals surface area contributed by atoms with Gasteiger partial charge in [0.05, 0.1) is 10.0 Å². The number of hydrogen-bond donors (Lipinski definition) is 2. The molecule has 4 nitrogen and oxygen atoms in total. The Kier molecular flexibility index (Phi) is 4.44. The fourth-order valence-electron chi connectivity index (χ4n) is 1.40. The van der Waals surface area contributed by atoms with Crippen molar-refractivity contribution in [2.75, 3.05) is 17.7 Å². The first-order valence-corrected chi connectivity index (χ1v) is 6.67. The number of anilines is 3. The quantitative estimate of drug-likeness (QED) is 0.788. The molecule has 8 heteroatoms. The molecule has 0 saturated heterocycles. The van der Waals surface area contributed by atoms with Crippen LogP contribution >= 0.6 is 39.1 Å². The maximum atomic E-state index is 13.3. The zero-order valence-electron chi connectivity index (χ0n) is 9.64. The van der Waals surface area contributed by atoms with Crippen molar-refractivity contribution in [3.05, 3.63) is 38.8 Å². The lowest BCUT2D eigenvalue weighted by Gasteiger charge is -2.11. The molecule has 0 atom stereocenters. The number of halogens is 4. The zero-order valence-corrected chi connectivity index (χ0v) is 12.7. The first kappa shape index (κ1) is 14.3. The minimum atomic E-state index is -0.647. The predicted octanol–water partition coefficient (Wildman–Crippen LogP) is 4.47. The highest BCUT2D eigenvalue weighted by atomic mass is 79.9. The molecule has 0 radical (unpaired) electrons. The van der Waals surface area contributed by atoms with Crippen LogP contribution in [0.4, 0.5) is 21.7 Å². The number of hydrogen-bond acceptors (Lipinski definition) is 4. The fraction of sp³-hybridized carbons (Fsp3) is 0.0909. The molecule has 0 spiro atoms. The number of benzene rings is 1. The highest BCUT2D eigenvalue weighted by Crippen LogP contribution is 2.32. The summed E-state index contributed by atoms with van der Waals surface area (Å²) in [7, 11) is 1.74. The fourth-order valence-corrected chi connectivity index (χ4v) is 2.38. The molecule has 2 aromatic rings. The van der Waals surface area contributed by atoms with Gasteiger partial charge in [-0.1, -0.05) is 23.2 Å². The SMILES string of the molecule is CNc1ncnc(Nc2cc(Cl)c(F)c(Cl)c2)c1Br. The summed E-state index contributed by atoms with van der Waals surface area (Å²) >= 11 is 14.8. The van der Waals surface area contributed by atoms with Crippen LogP contribution in [0.1, 0.15) is 0 Å². The summed E-state index contributed by atoms with van der Waals surface area (Å²) in [5.74, 6) is 0.487. The summed E-state index contributed by atoms with van der Waals surface area (Å²) in [6, 6.07) is 2.85. The lowest BCUT2D eigenvalue weighted by atomic mass is 10.3. The lowest BCUT2D eigenvalue weighted by Crippen LogP contribution is -2.00. The van der Waals surface area contributed by atoms with Gasteiger partial charge in [-0.15, -0.1) is 0 Å². The summed E-state index contributed by atoms with van der Waals surface area (Å²) in [4.78, 5) is 8.10. The standard InChI is InChI=1S/C11H8BrCl2FN4/c1-16-10-8(12)11(18-4-17-10)19-5-2-6(13)9(15)7(14)3-5/h2-4H,1H3,(H2,16,17,18,19). The number of rotatable bonds is 3. The third-order valence-corrected chi connectivity index (χ3v) is 3.57. The van der Waals surface area contributed by atoms with Gasteiger partial charge in [0.1, 0.15) is 22.4 Å².